The summed E-state index contributed by atoms with van der Waals surface area (Å²) in [6, 6.07) is 13.1. The van der Waals surface area contributed by atoms with Crippen LogP contribution in [0.4, 0.5) is 11.4 Å². The normalized spacial score (nSPS) is 16.1. The molecule has 0 saturated carbocycles. The molecule has 1 heterocycles. The Labute approximate surface area is 171 Å². The fraction of sp³-hybridized carbons (Fsp3) is 0.391. The highest BCUT2D eigenvalue weighted by atomic mass is 16.5. The molecule has 1 atom stereocenters. The topological polar surface area (TPSA) is 67.9 Å². The van der Waals surface area contributed by atoms with Crippen LogP contribution in [-0.4, -0.2) is 31.1 Å². The van der Waals surface area contributed by atoms with Gasteiger partial charge < -0.3 is 19.7 Å². The van der Waals surface area contributed by atoms with E-state index in [4.69, 9.17) is 9.47 Å². The number of aryl methyl sites for hydroxylation is 1. The van der Waals surface area contributed by atoms with Gasteiger partial charge in [-0.25, -0.2) is 0 Å². The molecule has 0 aromatic heterocycles. The van der Waals surface area contributed by atoms with Gasteiger partial charge in [-0.2, -0.15) is 0 Å². The lowest BCUT2D eigenvalue weighted by molar-refractivity contribution is -0.125. The number of nitrogens with one attached hydrogen (secondary N) is 1. The van der Waals surface area contributed by atoms with Gasteiger partial charge >= 0.3 is 0 Å². The average Bonchev–Trinajstić information content (AvgIpc) is 2.64. The van der Waals surface area contributed by atoms with E-state index in [-0.39, 0.29) is 11.8 Å². The quantitative estimate of drug-likeness (QED) is 0.824. The van der Waals surface area contributed by atoms with Gasteiger partial charge in [0, 0.05) is 11.1 Å². The van der Waals surface area contributed by atoms with E-state index in [9.17, 15) is 9.59 Å². The summed E-state index contributed by atoms with van der Waals surface area (Å²) in [6.45, 7) is 10.0. The summed E-state index contributed by atoms with van der Waals surface area (Å²) in [7, 11) is 0. The molecule has 0 aliphatic carbocycles. The lowest BCUT2D eigenvalue weighted by Gasteiger charge is -2.33. The van der Waals surface area contributed by atoms with Gasteiger partial charge in [0.25, 0.3) is 5.91 Å². The summed E-state index contributed by atoms with van der Waals surface area (Å²) in [5.74, 6) is 1.15. The Morgan fingerprint density at radius 1 is 1.21 bits per heavy atom. The first kappa shape index (κ1) is 20.7. The van der Waals surface area contributed by atoms with E-state index < -0.39 is 11.5 Å². The van der Waals surface area contributed by atoms with Crippen LogP contribution < -0.4 is 19.7 Å². The van der Waals surface area contributed by atoms with E-state index in [0.717, 1.165) is 11.3 Å². The van der Waals surface area contributed by atoms with Crippen LogP contribution in [0.5, 0.6) is 11.5 Å². The molecule has 3 rings (SSSR count). The van der Waals surface area contributed by atoms with Crippen molar-refractivity contribution >= 4 is 23.2 Å². The van der Waals surface area contributed by atoms with Crippen LogP contribution in [0, 0.1) is 12.3 Å². The molecule has 6 nitrogen and oxygen atoms in total. The zero-order chi connectivity index (χ0) is 21.2. The molecule has 0 bridgehead atoms. The molecule has 29 heavy (non-hydrogen) atoms. The molecule has 0 radical (unpaired) electrons. The Bertz CT molecular complexity index is 917. The van der Waals surface area contributed by atoms with E-state index in [1.807, 2.05) is 52.0 Å². The molecule has 0 fully saturated rings. The second kappa shape index (κ2) is 8.15. The Kier molecular flexibility index (Phi) is 5.82. The molecule has 2 aromatic carbocycles. The molecule has 1 aliphatic rings. The number of hydrogen-bond acceptors (Lipinski definition) is 4. The zero-order valence-electron chi connectivity index (χ0n) is 17.6. The molecular weight excluding hydrogens is 368 g/mol. The van der Waals surface area contributed by atoms with E-state index in [1.54, 1.807) is 30.0 Å². The largest absolute Gasteiger partial charge is 0.492 e. The standard InChI is InChI=1S/C23H28N2O4/c1-15-7-6-8-18(13-15)28-12-11-25-19-14-17(24-22(27)23(3,4)5)9-10-20(19)29-16(2)21(25)26/h6-10,13-14,16H,11-12H2,1-5H3,(H,24,27). The molecule has 154 valence electrons. The number of rotatable bonds is 5. The Balaban J connectivity index is 1.77. The van der Waals surface area contributed by atoms with Crippen LogP contribution in [0.3, 0.4) is 0 Å². The summed E-state index contributed by atoms with van der Waals surface area (Å²) >= 11 is 0. The van der Waals surface area contributed by atoms with E-state index in [2.05, 4.69) is 5.32 Å². The van der Waals surface area contributed by atoms with Crippen molar-refractivity contribution in [2.75, 3.05) is 23.4 Å². The highest BCUT2D eigenvalue weighted by Gasteiger charge is 2.32. The van der Waals surface area contributed by atoms with Gasteiger partial charge in [0.05, 0.1) is 12.2 Å². The SMILES string of the molecule is Cc1cccc(OCCN2C(=O)C(C)Oc3ccc(NC(=O)C(C)(C)C)cc32)c1. The summed E-state index contributed by atoms with van der Waals surface area (Å²) in [6.07, 6.45) is -0.573. The molecule has 2 amide bonds. The molecular formula is C23H28N2O4. The van der Waals surface area contributed by atoms with Gasteiger partial charge in [0.1, 0.15) is 18.1 Å². The first-order valence-electron chi connectivity index (χ1n) is 9.78. The van der Waals surface area contributed by atoms with Crippen molar-refractivity contribution in [3.63, 3.8) is 0 Å². The number of ether oxygens (including phenoxy) is 2. The highest BCUT2D eigenvalue weighted by molar-refractivity contribution is 6.01. The number of benzene rings is 2. The van der Waals surface area contributed by atoms with Crippen LogP contribution in [0.25, 0.3) is 0 Å². The van der Waals surface area contributed by atoms with Crippen molar-refractivity contribution in [3.8, 4) is 11.5 Å². The second-order valence-electron chi connectivity index (χ2n) is 8.30. The van der Waals surface area contributed by atoms with Crippen molar-refractivity contribution in [1.29, 1.82) is 0 Å². The van der Waals surface area contributed by atoms with Crippen molar-refractivity contribution in [3.05, 3.63) is 48.0 Å². The summed E-state index contributed by atoms with van der Waals surface area (Å²) in [5, 5.41) is 2.90. The maximum atomic E-state index is 12.7. The van der Waals surface area contributed by atoms with Gasteiger partial charge in [0.2, 0.25) is 5.91 Å². The van der Waals surface area contributed by atoms with Gasteiger partial charge in [-0.1, -0.05) is 32.9 Å². The number of carbonyl (C=O) groups excluding carboxylic acids is 2. The summed E-state index contributed by atoms with van der Waals surface area (Å²) in [4.78, 5) is 26.7. The average molecular weight is 396 g/mol. The van der Waals surface area contributed by atoms with Crippen LogP contribution >= 0.6 is 0 Å². The summed E-state index contributed by atoms with van der Waals surface area (Å²) in [5.41, 5.74) is 1.85. The van der Waals surface area contributed by atoms with E-state index >= 15 is 0 Å². The Hall–Kier alpha value is -3.02. The first-order chi connectivity index (χ1) is 13.6. The van der Waals surface area contributed by atoms with Gasteiger partial charge in [-0.15, -0.1) is 0 Å². The molecule has 1 aliphatic heterocycles. The maximum Gasteiger partial charge on any atom is 0.267 e. The third-order valence-corrected chi connectivity index (χ3v) is 4.68. The van der Waals surface area contributed by atoms with Crippen molar-refractivity contribution in [2.24, 2.45) is 5.41 Å². The molecule has 0 spiro atoms. The minimum Gasteiger partial charge on any atom is -0.492 e. The van der Waals surface area contributed by atoms with Crippen LogP contribution in [0.1, 0.15) is 33.3 Å². The monoisotopic (exact) mass is 396 g/mol. The number of nitrogens with zero attached hydrogens (tertiary/aromatic N) is 1. The number of anilines is 2. The molecule has 6 heteroatoms. The van der Waals surface area contributed by atoms with E-state index in [1.165, 1.54) is 0 Å². The van der Waals surface area contributed by atoms with Crippen LogP contribution in [0.15, 0.2) is 42.5 Å². The molecule has 1 unspecified atom stereocenters. The highest BCUT2D eigenvalue weighted by Crippen LogP contribution is 2.36. The Morgan fingerprint density at radius 2 is 1.97 bits per heavy atom. The maximum absolute atomic E-state index is 12.7. The fourth-order valence-corrected chi connectivity index (χ4v) is 2.99. The number of amides is 2. The molecule has 0 saturated heterocycles. The second-order valence-corrected chi connectivity index (χ2v) is 8.30. The third-order valence-electron chi connectivity index (χ3n) is 4.68. The van der Waals surface area contributed by atoms with E-state index in [0.29, 0.717) is 30.3 Å². The van der Waals surface area contributed by atoms with Crippen LogP contribution in [0.2, 0.25) is 0 Å². The Morgan fingerprint density at radius 3 is 2.66 bits per heavy atom. The number of carbonyl (C=O) groups is 2. The van der Waals surface area contributed by atoms with Gasteiger partial charge in [0.15, 0.2) is 6.10 Å². The zero-order valence-corrected chi connectivity index (χ0v) is 17.6. The predicted molar refractivity (Wildman–Crippen MR) is 114 cm³/mol. The number of hydrogen-bond donors (Lipinski definition) is 1. The molecule has 1 N–H and O–H groups in total. The predicted octanol–water partition coefficient (Wildman–Crippen LogP) is 4.17. The summed E-state index contributed by atoms with van der Waals surface area (Å²) < 4.78 is 11.6. The third kappa shape index (κ3) is 4.88. The number of fused-ring (bicyclic) bond motifs is 1. The lowest BCUT2D eigenvalue weighted by atomic mass is 9.95. The first-order valence-corrected chi connectivity index (χ1v) is 9.78. The van der Waals surface area contributed by atoms with Crippen molar-refractivity contribution < 1.29 is 19.1 Å². The minimum absolute atomic E-state index is 0.0943. The minimum atomic E-state index is -0.573. The smallest absolute Gasteiger partial charge is 0.267 e. The van der Waals surface area contributed by atoms with Crippen LogP contribution in [-0.2, 0) is 9.59 Å². The van der Waals surface area contributed by atoms with Crippen molar-refractivity contribution in [2.45, 2.75) is 40.7 Å². The van der Waals surface area contributed by atoms with Crippen molar-refractivity contribution in [1.82, 2.24) is 0 Å². The van der Waals surface area contributed by atoms with Gasteiger partial charge in [-0.05, 0) is 49.7 Å². The lowest BCUT2D eigenvalue weighted by Crippen LogP contribution is -2.46. The fourth-order valence-electron chi connectivity index (χ4n) is 2.99. The molecule has 2 aromatic rings. The van der Waals surface area contributed by atoms with Gasteiger partial charge in [-0.3, -0.25) is 9.59 Å².